The number of thiophene rings is 1. The number of hydrogen-bond acceptors (Lipinski definition) is 4. The highest BCUT2D eigenvalue weighted by molar-refractivity contribution is 7.19. The monoisotopic (exact) mass is 299 g/mol. The summed E-state index contributed by atoms with van der Waals surface area (Å²) >= 11 is 8.11. The second-order valence-electron chi connectivity index (χ2n) is 4.34. The van der Waals surface area contributed by atoms with Crippen LogP contribution in [0.25, 0.3) is 10.1 Å². The molecule has 5 heteroatoms. The van der Waals surface area contributed by atoms with Crippen LogP contribution in [0, 0.1) is 0 Å². The molecule has 0 radical (unpaired) electrons. The maximum absolute atomic E-state index is 6.40. The summed E-state index contributed by atoms with van der Waals surface area (Å²) in [5.41, 5.74) is 0. The molecule has 2 aromatic rings. The predicted octanol–water partition coefficient (Wildman–Crippen LogP) is 3.65. The van der Waals surface area contributed by atoms with Crippen LogP contribution in [0.1, 0.15) is 11.8 Å². The Hall–Kier alpha value is -0.650. The minimum atomic E-state index is -0.256. The molecule has 1 aromatic heterocycles. The fourth-order valence-corrected chi connectivity index (χ4v) is 3.48. The summed E-state index contributed by atoms with van der Waals surface area (Å²) < 4.78 is 11.7. The van der Waals surface area contributed by atoms with E-state index in [9.17, 15) is 0 Å². The molecule has 0 fully saturated rings. The van der Waals surface area contributed by atoms with Gasteiger partial charge in [-0.2, -0.15) is 0 Å². The zero-order chi connectivity index (χ0) is 13.8. The summed E-state index contributed by atoms with van der Waals surface area (Å²) in [5.74, 6) is 0. The Bertz CT molecular complexity index is 539. The molecule has 1 aromatic carbocycles. The van der Waals surface area contributed by atoms with Gasteiger partial charge in [0, 0.05) is 35.7 Å². The molecule has 1 atom stereocenters. The molecule has 0 aliphatic rings. The first-order chi connectivity index (χ1) is 9.17. The number of fused-ring (bicyclic) bond motifs is 1. The molecule has 0 amide bonds. The average molecular weight is 300 g/mol. The van der Waals surface area contributed by atoms with E-state index in [1.54, 1.807) is 25.6 Å². The standard InChI is InChI=1S/C14H18ClNO2S/c1-9(14(17-2)18-3)16-8-12-13(15)10-6-4-5-7-11(10)19-12/h4-7,9,14,16H,8H2,1-3H3. The summed E-state index contributed by atoms with van der Waals surface area (Å²) in [4.78, 5) is 1.14. The zero-order valence-corrected chi connectivity index (χ0v) is 12.8. The normalized spacial score (nSPS) is 13.3. The van der Waals surface area contributed by atoms with Crippen molar-refractivity contribution in [2.75, 3.05) is 14.2 Å². The summed E-state index contributed by atoms with van der Waals surface area (Å²) in [6.07, 6.45) is -0.256. The van der Waals surface area contributed by atoms with Crippen LogP contribution < -0.4 is 5.32 Å². The smallest absolute Gasteiger partial charge is 0.171 e. The lowest BCUT2D eigenvalue weighted by Crippen LogP contribution is -2.39. The molecule has 0 aliphatic carbocycles. The van der Waals surface area contributed by atoms with Crippen LogP contribution in [0.15, 0.2) is 24.3 Å². The molecule has 1 N–H and O–H groups in total. The molecule has 0 saturated heterocycles. The van der Waals surface area contributed by atoms with E-state index in [1.165, 1.54) is 4.70 Å². The van der Waals surface area contributed by atoms with Crippen molar-refractivity contribution >= 4 is 33.0 Å². The van der Waals surface area contributed by atoms with Crippen LogP contribution in [0.2, 0.25) is 5.02 Å². The van der Waals surface area contributed by atoms with Gasteiger partial charge in [0.1, 0.15) is 0 Å². The lowest BCUT2D eigenvalue weighted by Gasteiger charge is -2.21. The number of benzene rings is 1. The highest BCUT2D eigenvalue weighted by Gasteiger charge is 2.16. The molecule has 1 heterocycles. The van der Waals surface area contributed by atoms with Crippen molar-refractivity contribution in [2.45, 2.75) is 25.8 Å². The van der Waals surface area contributed by atoms with Crippen molar-refractivity contribution in [3.8, 4) is 0 Å². The van der Waals surface area contributed by atoms with E-state index in [4.69, 9.17) is 21.1 Å². The van der Waals surface area contributed by atoms with Crippen LogP contribution >= 0.6 is 22.9 Å². The zero-order valence-electron chi connectivity index (χ0n) is 11.3. The van der Waals surface area contributed by atoms with Crippen LogP contribution in [-0.4, -0.2) is 26.6 Å². The lowest BCUT2D eigenvalue weighted by molar-refractivity contribution is -0.119. The summed E-state index contributed by atoms with van der Waals surface area (Å²) in [7, 11) is 3.28. The topological polar surface area (TPSA) is 30.5 Å². The number of rotatable bonds is 6. The molecule has 2 rings (SSSR count). The molecule has 104 valence electrons. The van der Waals surface area contributed by atoms with Gasteiger partial charge in [-0.25, -0.2) is 0 Å². The number of halogens is 1. The van der Waals surface area contributed by atoms with Crippen molar-refractivity contribution in [1.82, 2.24) is 5.32 Å². The maximum Gasteiger partial charge on any atom is 0.171 e. The molecular formula is C14H18ClNO2S. The molecule has 0 spiro atoms. The number of ether oxygens (including phenoxy) is 2. The summed E-state index contributed by atoms with van der Waals surface area (Å²) in [6.45, 7) is 2.74. The molecular weight excluding hydrogens is 282 g/mol. The van der Waals surface area contributed by atoms with E-state index in [-0.39, 0.29) is 12.3 Å². The predicted molar refractivity (Wildman–Crippen MR) is 80.9 cm³/mol. The van der Waals surface area contributed by atoms with Crippen LogP contribution in [0.4, 0.5) is 0 Å². The van der Waals surface area contributed by atoms with Gasteiger partial charge in [-0.1, -0.05) is 29.8 Å². The summed E-state index contributed by atoms with van der Waals surface area (Å²) in [6, 6.07) is 8.27. The molecule has 0 aliphatic heterocycles. The number of hydrogen-bond donors (Lipinski definition) is 1. The fourth-order valence-electron chi connectivity index (χ4n) is 2.03. The van der Waals surface area contributed by atoms with Gasteiger partial charge in [-0.15, -0.1) is 11.3 Å². The molecule has 0 bridgehead atoms. The van der Waals surface area contributed by atoms with E-state index >= 15 is 0 Å². The number of methoxy groups -OCH3 is 2. The number of nitrogens with one attached hydrogen (secondary N) is 1. The van der Waals surface area contributed by atoms with Gasteiger partial charge >= 0.3 is 0 Å². The Balaban J connectivity index is 2.07. The molecule has 3 nitrogen and oxygen atoms in total. The fraction of sp³-hybridized carbons (Fsp3) is 0.429. The first kappa shape index (κ1) is 14.8. The van der Waals surface area contributed by atoms with Gasteiger partial charge in [0.05, 0.1) is 11.1 Å². The Kier molecular flexibility index (Phi) is 5.19. The minimum Gasteiger partial charge on any atom is -0.354 e. The second kappa shape index (κ2) is 6.68. The highest BCUT2D eigenvalue weighted by Crippen LogP contribution is 2.35. The van der Waals surface area contributed by atoms with Crippen molar-refractivity contribution in [2.24, 2.45) is 0 Å². The average Bonchev–Trinajstić information content (AvgIpc) is 2.75. The van der Waals surface area contributed by atoms with Crippen LogP contribution in [0.5, 0.6) is 0 Å². The molecule has 0 saturated carbocycles. The van der Waals surface area contributed by atoms with Crippen molar-refractivity contribution < 1.29 is 9.47 Å². The van der Waals surface area contributed by atoms with E-state index in [1.807, 2.05) is 25.1 Å². The Morgan fingerprint density at radius 1 is 1.26 bits per heavy atom. The van der Waals surface area contributed by atoms with Gasteiger partial charge < -0.3 is 14.8 Å². The van der Waals surface area contributed by atoms with Crippen molar-refractivity contribution in [3.63, 3.8) is 0 Å². The van der Waals surface area contributed by atoms with Crippen LogP contribution in [-0.2, 0) is 16.0 Å². The first-order valence-electron chi connectivity index (χ1n) is 6.12. The molecule has 19 heavy (non-hydrogen) atoms. The third-order valence-electron chi connectivity index (χ3n) is 3.06. The highest BCUT2D eigenvalue weighted by atomic mass is 35.5. The molecule has 1 unspecified atom stereocenters. The van der Waals surface area contributed by atoms with Crippen molar-refractivity contribution in [3.05, 3.63) is 34.2 Å². The second-order valence-corrected chi connectivity index (χ2v) is 5.86. The van der Waals surface area contributed by atoms with Gasteiger partial charge in [0.2, 0.25) is 0 Å². The van der Waals surface area contributed by atoms with Gasteiger partial charge in [-0.05, 0) is 13.0 Å². The van der Waals surface area contributed by atoms with Gasteiger partial charge in [0.15, 0.2) is 6.29 Å². The van der Waals surface area contributed by atoms with E-state index in [2.05, 4.69) is 11.4 Å². The largest absolute Gasteiger partial charge is 0.354 e. The Labute approximate surface area is 122 Å². The Morgan fingerprint density at radius 2 is 1.95 bits per heavy atom. The van der Waals surface area contributed by atoms with E-state index in [0.29, 0.717) is 6.54 Å². The van der Waals surface area contributed by atoms with Crippen molar-refractivity contribution in [1.29, 1.82) is 0 Å². The summed E-state index contributed by atoms with van der Waals surface area (Å²) in [5, 5.41) is 5.34. The third-order valence-corrected chi connectivity index (χ3v) is 4.77. The minimum absolute atomic E-state index is 0.0938. The third kappa shape index (κ3) is 3.27. The van der Waals surface area contributed by atoms with Gasteiger partial charge in [0.25, 0.3) is 0 Å². The quantitative estimate of drug-likeness (QED) is 0.826. The van der Waals surface area contributed by atoms with Crippen LogP contribution in [0.3, 0.4) is 0 Å². The first-order valence-corrected chi connectivity index (χ1v) is 7.31. The Morgan fingerprint density at radius 3 is 2.58 bits per heavy atom. The van der Waals surface area contributed by atoms with E-state index in [0.717, 1.165) is 15.3 Å². The maximum atomic E-state index is 6.40. The SMILES string of the molecule is COC(OC)C(C)NCc1sc2ccccc2c1Cl. The lowest BCUT2D eigenvalue weighted by atomic mass is 10.2. The van der Waals surface area contributed by atoms with Gasteiger partial charge in [-0.3, -0.25) is 0 Å². The van der Waals surface area contributed by atoms with E-state index < -0.39 is 0 Å².